The third-order valence-electron chi connectivity index (χ3n) is 2.95. The summed E-state index contributed by atoms with van der Waals surface area (Å²) < 4.78 is 27.0. The SMILES string of the molecule is Cc1ccc(C#N)cc1S(=O)(=O)NCCCc1ncn[nH]1. The van der Waals surface area contributed by atoms with Gasteiger partial charge in [-0.3, -0.25) is 5.10 Å². The maximum absolute atomic E-state index is 12.2. The molecule has 0 saturated carbocycles. The van der Waals surface area contributed by atoms with Crippen LogP contribution in [0.25, 0.3) is 0 Å². The molecule has 2 aromatic rings. The van der Waals surface area contributed by atoms with Crippen LogP contribution in [-0.2, 0) is 16.4 Å². The Morgan fingerprint density at radius 3 is 2.90 bits per heavy atom. The normalized spacial score (nSPS) is 11.2. The highest BCUT2D eigenvalue weighted by Crippen LogP contribution is 2.16. The molecule has 2 N–H and O–H groups in total. The van der Waals surface area contributed by atoms with Crippen molar-refractivity contribution in [2.45, 2.75) is 24.7 Å². The summed E-state index contributed by atoms with van der Waals surface area (Å²) in [4.78, 5) is 4.11. The molecule has 0 radical (unpaired) electrons. The van der Waals surface area contributed by atoms with E-state index in [2.05, 4.69) is 19.9 Å². The van der Waals surface area contributed by atoms with Crippen molar-refractivity contribution in [2.24, 2.45) is 0 Å². The minimum absolute atomic E-state index is 0.140. The number of sulfonamides is 1. The lowest BCUT2D eigenvalue weighted by Crippen LogP contribution is -2.26. The van der Waals surface area contributed by atoms with Gasteiger partial charge in [0.05, 0.1) is 16.5 Å². The molecule has 0 fully saturated rings. The molecule has 0 saturated heterocycles. The van der Waals surface area contributed by atoms with Gasteiger partial charge >= 0.3 is 0 Å². The number of aromatic nitrogens is 3. The van der Waals surface area contributed by atoms with Crippen LogP contribution in [0.1, 0.15) is 23.4 Å². The summed E-state index contributed by atoms with van der Waals surface area (Å²) in [6, 6.07) is 6.55. The van der Waals surface area contributed by atoms with Crippen molar-refractivity contribution in [3.05, 3.63) is 41.5 Å². The van der Waals surface area contributed by atoms with E-state index in [9.17, 15) is 8.42 Å². The van der Waals surface area contributed by atoms with E-state index in [-0.39, 0.29) is 4.90 Å². The summed E-state index contributed by atoms with van der Waals surface area (Å²) in [6.45, 7) is 1.99. The third kappa shape index (κ3) is 3.87. The van der Waals surface area contributed by atoms with E-state index in [0.29, 0.717) is 30.5 Å². The molecular weight excluding hydrogens is 290 g/mol. The van der Waals surface area contributed by atoms with Crippen molar-refractivity contribution in [3.63, 3.8) is 0 Å². The standard InChI is InChI=1S/C13H15N5O2S/c1-10-4-5-11(8-14)7-12(10)21(19,20)17-6-2-3-13-15-9-16-18-13/h4-5,7,9,17H,2-3,6H2,1H3,(H,15,16,18). The average Bonchev–Trinajstić information content (AvgIpc) is 2.97. The van der Waals surface area contributed by atoms with Crippen LogP contribution in [0, 0.1) is 18.3 Å². The van der Waals surface area contributed by atoms with Gasteiger partial charge < -0.3 is 0 Å². The van der Waals surface area contributed by atoms with Crippen LogP contribution in [0.3, 0.4) is 0 Å². The topological polar surface area (TPSA) is 112 Å². The van der Waals surface area contributed by atoms with Gasteiger partial charge in [-0.25, -0.2) is 18.1 Å². The van der Waals surface area contributed by atoms with E-state index in [1.54, 1.807) is 19.1 Å². The fraction of sp³-hybridized carbons (Fsp3) is 0.308. The molecule has 0 aliphatic carbocycles. The van der Waals surface area contributed by atoms with Crippen LogP contribution in [0.5, 0.6) is 0 Å². The Balaban J connectivity index is 2.00. The molecule has 2 rings (SSSR count). The molecule has 21 heavy (non-hydrogen) atoms. The highest BCUT2D eigenvalue weighted by Gasteiger charge is 2.16. The second-order valence-corrected chi connectivity index (χ2v) is 6.26. The highest BCUT2D eigenvalue weighted by atomic mass is 32.2. The number of hydrogen-bond acceptors (Lipinski definition) is 5. The Labute approximate surface area is 123 Å². The number of nitriles is 1. The molecule has 110 valence electrons. The molecule has 0 atom stereocenters. The van der Waals surface area contributed by atoms with Crippen molar-refractivity contribution in [1.29, 1.82) is 5.26 Å². The molecule has 0 spiro atoms. The summed E-state index contributed by atoms with van der Waals surface area (Å²) in [5.74, 6) is 0.719. The number of nitrogens with one attached hydrogen (secondary N) is 2. The van der Waals surface area contributed by atoms with Crippen LogP contribution in [0.2, 0.25) is 0 Å². The molecule has 1 heterocycles. The Morgan fingerprint density at radius 2 is 2.24 bits per heavy atom. The van der Waals surface area contributed by atoms with E-state index in [1.165, 1.54) is 12.4 Å². The lowest BCUT2D eigenvalue weighted by Gasteiger charge is -2.09. The van der Waals surface area contributed by atoms with Gasteiger partial charge in [-0.1, -0.05) is 6.07 Å². The van der Waals surface area contributed by atoms with E-state index >= 15 is 0 Å². The van der Waals surface area contributed by atoms with E-state index < -0.39 is 10.0 Å². The van der Waals surface area contributed by atoms with Crippen LogP contribution in [0.4, 0.5) is 0 Å². The Kier molecular flexibility index (Phi) is 4.67. The molecule has 8 heteroatoms. The summed E-state index contributed by atoms with van der Waals surface area (Å²) >= 11 is 0. The number of aromatic amines is 1. The zero-order chi connectivity index (χ0) is 15.3. The van der Waals surface area contributed by atoms with Gasteiger partial charge in [-0.15, -0.1) is 0 Å². The minimum Gasteiger partial charge on any atom is -0.263 e. The fourth-order valence-corrected chi connectivity index (χ4v) is 3.19. The lowest BCUT2D eigenvalue weighted by atomic mass is 10.2. The predicted molar refractivity (Wildman–Crippen MR) is 75.8 cm³/mol. The summed E-state index contributed by atoms with van der Waals surface area (Å²) in [6.07, 6.45) is 2.63. The smallest absolute Gasteiger partial charge is 0.240 e. The second-order valence-electron chi connectivity index (χ2n) is 4.53. The molecule has 0 aliphatic rings. The van der Waals surface area contributed by atoms with Gasteiger partial charge in [-0.2, -0.15) is 10.4 Å². The first-order chi connectivity index (χ1) is 10.0. The lowest BCUT2D eigenvalue weighted by molar-refractivity contribution is 0.577. The summed E-state index contributed by atoms with van der Waals surface area (Å²) in [5, 5.41) is 15.3. The largest absolute Gasteiger partial charge is 0.263 e. The number of nitrogens with zero attached hydrogens (tertiary/aromatic N) is 3. The number of aryl methyl sites for hydroxylation is 2. The van der Waals surface area contributed by atoms with Crippen molar-refractivity contribution in [1.82, 2.24) is 19.9 Å². The molecule has 0 unspecified atom stereocenters. The van der Waals surface area contributed by atoms with E-state index in [1.807, 2.05) is 6.07 Å². The van der Waals surface area contributed by atoms with Gasteiger partial charge in [0.2, 0.25) is 10.0 Å². The minimum atomic E-state index is -3.61. The fourth-order valence-electron chi connectivity index (χ4n) is 1.85. The monoisotopic (exact) mass is 305 g/mol. The molecular formula is C13H15N5O2S. The van der Waals surface area contributed by atoms with Gasteiger partial charge in [0.15, 0.2) is 0 Å². The zero-order valence-electron chi connectivity index (χ0n) is 11.5. The molecule has 1 aromatic heterocycles. The summed E-state index contributed by atoms with van der Waals surface area (Å²) in [5.41, 5.74) is 0.930. The Bertz CT molecular complexity index is 747. The van der Waals surface area contributed by atoms with Crippen LogP contribution >= 0.6 is 0 Å². The van der Waals surface area contributed by atoms with E-state index in [0.717, 1.165) is 5.82 Å². The second kappa shape index (κ2) is 6.47. The molecule has 0 aliphatic heterocycles. The van der Waals surface area contributed by atoms with Crippen LogP contribution in [-0.4, -0.2) is 30.1 Å². The van der Waals surface area contributed by atoms with Gasteiger partial charge in [-0.05, 0) is 31.0 Å². The van der Waals surface area contributed by atoms with Crippen molar-refractivity contribution >= 4 is 10.0 Å². The predicted octanol–water partition coefficient (Wildman–Crippen LogP) is 0.896. The number of H-pyrrole nitrogens is 1. The van der Waals surface area contributed by atoms with Crippen molar-refractivity contribution in [3.8, 4) is 6.07 Å². The van der Waals surface area contributed by atoms with Crippen molar-refractivity contribution < 1.29 is 8.42 Å². The maximum atomic E-state index is 12.2. The Hall–Kier alpha value is -2.24. The quantitative estimate of drug-likeness (QED) is 0.770. The number of hydrogen-bond donors (Lipinski definition) is 2. The number of benzene rings is 1. The van der Waals surface area contributed by atoms with Crippen molar-refractivity contribution in [2.75, 3.05) is 6.54 Å². The first-order valence-corrected chi connectivity index (χ1v) is 7.86. The first-order valence-electron chi connectivity index (χ1n) is 6.37. The molecule has 1 aromatic carbocycles. The average molecular weight is 305 g/mol. The Morgan fingerprint density at radius 1 is 1.43 bits per heavy atom. The van der Waals surface area contributed by atoms with Gasteiger partial charge in [0, 0.05) is 13.0 Å². The molecule has 0 amide bonds. The zero-order valence-corrected chi connectivity index (χ0v) is 12.3. The highest BCUT2D eigenvalue weighted by molar-refractivity contribution is 7.89. The summed E-state index contributed by atoms with van der Waals surface area (Å²) in [7, 11) is -3.61. The maximum Gasteiger partial charge on any atom is 0.240 e. The van der Waals surface area contributed by atoms with E-state index in [4.69, 9.17) is 5.26 Å². The molecule has 7 nitrogen and oxygen atoms in total. The first kappa shape index (κ1) is 15.2. The number of rotatable bonds is 6. The van der Waals surface area contributed by atoms with Crippen LogP contribution < -0.4 is 4.72 Å². The third-order valence-corrected chi connectivity index (χ3v) is 4.56. The van der Waals surface area contributed by atoms with Crippen LogP contribution in [0.15, 0.2) is 29.4 Å². The van der Waals surface area contributed by atoms with Gasteiger partial charge in [0.25, 0.3) is 0 Å². The van der Waals surface area contributed by atoms with Gasteiger partial charge in [0.1, 0.15) is 12.2 Å². The molecule has 0 bridgehead atoms.